The Morgan fingerprint density at radius 3 is 2.83 bits per heavy atom. The van der Waals surface area contributed by atoms with Crippen molar-refractivity contribution in [3.05, 3.63) is 22.2 Å². The summed E-state index contributed by atoms with van der Waals surface area (Å²) >= 11 is 6.32. The maximum atomic E-state index is 10.7. The molecule has 0 saturated carbocycles. The van der Waals surface area contributed by atoms with Crippen molar-refractivity contribution in [2.75, 3.05) is 13.2 Å². The zero-order valence-corrected chi connectivity index (χ0v) is 11.4. The zero-order chi connectivity index (χ0) is 13.1. The summed E-state index contributed by atoms with van der Waals surface area (Å²) in [6.45, 7) is 5.17. The highest BCUT2D eigenvalue weighted by molar-refractivity contribution is 6.31. The van der Waals surface area contributed by atoms with Crippen molar-refractivity contribution < 1.29 is 14.3 Å². The normalized spacial score (nSPS) is 15.3. The molecule has 1 aliphatic rings. The second-order valence-corrected chi connectivity index (χ2v) is 4.84. The molecule has 0 fully saturated rings. The predicted octanol–water partition coefficient (Wildman–Crippen LogP) is 3.37. The van der Waals surface area contributed by atoms with E-state index in [0.717, 1.165) is 29.6 Å². The largest absolute Gasteiger partial charge is 0.486 e. The van der Waals surface area contributed by atoms with Gasteiger partial charge in [-0.05, 0) is 17.9 Å². The number of benzene rings is 1. The highest BCUT2D eigenvalue weighted by Crippen LogP contribution is 2.43. The third-order valence-electron chi connectivity index (χ3n) is 3.22. The number of hydrogen-bond donors (Lipinski definition) is 0. The van der Waals surface area contributed by atoms with E-state index in [-0.39, 0.29) is 5.92 Å². The Morgan fingerprint density at radius 2 is 2.17 bits per heavy atom. The molecule has 98 valence electrons. The maximum absolute atomic E-state index is 10.7. The number of aldehydes is 1. The number of carbonyl (C=O) groups excluding carboxylic acids is 1. The molecule has 0 radical (unpaired) electrons. The van der Waals surface area contributed by atoms with Gasteiger partial charge in [-0.3, -0.25) is 0 Å². The van der Waals surface area contributed by atoms with Crippen molar-refractivity contribution in [2.45, 2.75) is 32.6 Å². The van der Waals surface area contributed by atoms with Crippen LogP contribution in [0, 0.1) is 0 Å². The van der Waals surface area contributed by atoms with Gasteiger partial charge in [-0.15, -0.1) is 0 Å². The molecule has 1 heterocycles. The molecule has 0 N–H and O–H groups in total. The van der Waals surface area contributed by atoms with E-state index in [1.807, 2.05) is 6.92 Å². The Kier molecular flexibility index (Phi) is 4.12. The van der Waals surface area contributed by atoms with E-state index in [0.29, 0.717) is 30.4 Å². The first-order valence-electron chi connectivity index (χ1n) is 6.23. The van der Waals surface area contributed by atoms with Crippen LogP contribution in [0.1, 0.15) is 37.3 Å². The maximum Gasteiger partial charge on any atom is 0.164 e. The van der Waals surface area contributed by atoms with Crippen molar-refractivity contribution in [1.82, 2.24) is 0 Å². The van der Waals surface area contributed by atoms with Crippen LogP contribution in [-0.2, 0) is 11.2 Å². The Balaban J connectivity index is 2.54. The molecule has 0 amide bonds. The molecule has 0 aliphatic carbocycles. The molecule has 0 saturated heterocycles. The van der Waals surface area contributed by atoms with E-state index < -0.39 is 0 Å². The number of halogens is 1. The Bertz CT molecular complexity index is 457. The number of fused-ring (bicyclic) bond motifs is 1. The fraction of sp³-hybridized carbons (Fsp3) is 0.500. The predicted molar refractivity (Wildman–Crippen MR) is 70.9 cm³/mol. The summed E-state index contributed by atoms with van der Waals surface area (Å²) in [6, 6.07) is 1.80. The Hall–Kier alpha value is -1.22. The minimum absolute atomic E-state index is 0.0979. The van der Waals surface area contributed by atoms with Crippen molar-refractivity contribution in [1.29, 1.82) is 0 Å². The fourth-order valence-electron chi connectivity index (χ4n) is 2.38. The highest BCUT2D eigenvalue weighted by atomic mass is 35.5. The van der Waals surface area contributed by atoms with Crippen LogP contribution >= 0.6 is 11.6 Å². The van der Waals surface area contributed by atoms with E-state index in [1.165, 1.54) is 0 Å². The summed E-state index contributed by atoms with van der Waals surface area (Å²) in [5, 5.41) is 0.658. The average molecular weight is 269 g/mol. The molecular formula is C14H17ClO3. The molecule has 3 nitrogen and oxygen atoms in total. The van der Waals surface area contributed by atoms with Crippen LogP contribution in [0.2, 0.25) is 5.02 Å². The van der Waals surface area contributed by atoms with Crippen LogP contribution in [0.4, 0.5) is 0 Å². The van der Waals surface area contributed by atoms with Crippen LogP contribution in [0.15, 0.2) is 6.07 Å². The molecule has 1 aromatic carbocycles. The van der Waals surface area contributed by atoms with Gasteiger partial charge in [0.1, 0.15) is 19.5 Å². The van der Waals surface area contributed by atoms with Gasteiger partial charge >= 0.3 is 0 Å². The van der Waals surface area contributed by atoms with Gasteiger partial charge in [-0.25, -0.2) is 0 Å². The molecule has 0 spiro atoms. The summed E-state index contributed by atoms with van der Waals surface area (Å²) < 4.78 is 11.3. The monoisotopic (exact) mass is 268 g/mol. The standard InChI is InChI=1S/C14H17ClO3/c1-3-10-13(9(2)4-5-16)11(15)8-12-14(10)18-7-6-17-12/h5,8-9H,3-4,6-7H2,1-2H3. The first-order valence-corrected chi connectivity index (χ1v) is 6.61. The van der Waals surface area contributed by atoms with Gasteiger partial charge in [0, 0.05) is 23.1 Å². The van der Waals surface area contributed by atoms with E-state index >= 15 is 0 Å². The topological polar surface area (TPSA) is 35.5 Å². The van der Waals surface area contributed by atoms with Gasteiger partial charge in [0.25, 0.3) is 0 Å². The molecule has 1 aliphatic heterocycles. The summed E-state index contributed by atoms with van der Waals surface area (Å²) in [4.78, 5) is 10.7. The van der Waals surface area contributed by atoms with E-state index in [9.17, 15) is 4.79 Å². The third-order valence-corrected chi connectivity index (χ3v) is 3.53. The molecular weight excluding hydrogens is 252 g/mol. The number of hydrogen-bond acceptors (Lipinski definition) is 3. The van der Waals surface area contributed by atoms with Crippen LogP contribution < -0.4 is 9.47 Å². The summed E-state index contributed by atoms with van der Waals surface area (Å²) in [5.74, 6) is 1.60. The summed E-state index contributed by atoms with van der Waals surface area (Å²) in [7, 11) is 0. The summed E-state index contributed by atoms with van der Waals surface area (Å²) in [6.07, 6.45) is 2.20. The first-order chi connectivity index (χ1) is 8.69. The van der Waals surface area contributed by atoms with Crippen molar-refractivity contribution in [3.8, 4) is 11.5 Å². The molecule has 1 aromatic rings. The second kappa shape index (κ2) is 5.61. The number of rotatable bonds is 4. The lowest BCUT2D eigenvalue weighted by atomic mass is 9.91. The van der Waals surface area contributed by atoms with Crippen molar-refractivity contribution >= 4 is 17.9 Å². The minimum Gasteiger partial charge on any atom is -0.486 e. The number of ether oxygens (including phenoxy) is 2. The lowest BCUT2D eigenvalue weighted by Crippen LogP contribution is -2.18. The van der Waals surface area contributed by atoms with Crippen LogP contribution in [0.5, 0.6) is 11.5 Å². The fourth-order valence-corrected chi connectivity index (χ4v) is 2.78. The molecule has 2 rings (SSSR count). The minimum atomic E-state index is 0.0979. The van der Waals surface area contributed by atoms with Gasteiger partial charge in [0.2, 0.25) is 0 Å². The third kappa shape index (κ3) is 2.32. The van der Waals surface area contributed by atoms with Gasteiger partial charge in [0.05, 0.1) is 0 Å². The second-order valence-electron chi connectivity index (χ2n) is 4.43. The lowest BCUT2D eigenvalue weighted by Gasteiger charge is -2.25. The molecule has 18 heavy (non-hydrogen) atoms. The van der Waals surface area contributed by atoms with Crippen LogP contribution in [0.3, 0.4) is 0 Å². The van der Waals surface area contributed by atoms with Gasteiger partial charge in [-0.1, -0.05) is 25.4 Å². The zero-order valence-electron chi connectivity index (χ0n) is 10.7. The van der Waals surface area contributed by atoms with Crippen molar-refractivity contribution in [3.63, 3.8) is 0 Å². The highest BCUT2D eigenvalue weighted by Gasteiger charge is 2.23. The smallest absolute Gasteiger partial charge is 0.164 e. The van der Waals surface area contributed by atoms with E-state index in [2.05, 4.69) is 6.92 Å². The Morgan fingerprint density at radius 1 is 1.44 bits per heavy atom. The number of carbonyl (C=O) groups is 1. The molecule has 1 atom stereocenters. The van der Waals surface area contributed by atoms with Gasteiger partial charge in [-0.2, -0.15) is 0 Å². The van der Waals surface area contributed by atoms with Gasteiger partial charge in [0.15, 0.2) is 11.5 Å². The molecule has 1 unspecified atom stereocenters. The van der Waals surface area contributed by atoms with Crippen molar-refractivity contribution in [2.24, 2.45) is 0 Å². The van der Waals surface area contributed by atoms with Crippen LogP contribution in [0.25, 0.3) is 0 Å². The van der Waals surface area contributed by atoms with E-state index in [4.69, 9.17) is 21.1 Å². The van der Waals surface area contributed by atoms with Crippen LogP contribution in [-0.4, -0.2) is 19.5 Å². The SMILES string of the molecule is CCc1c2c(cc(Cl)c1C(C)CC=O)OCCO2. The lowest BCUT2D eigenvalue weighted by molar-refractivity contribution is -0.108. The first kappa shape index (κ1) is 13.2. The Labute approximate surface area is 112 Å². The van der Waals surface area contributed by atoms with Gasteiger partial charge < -0.3 is 14.3 Å². The molecule has 0 aromatic heterocycles. The quantitative estimate of drug-likeness (QED) is 0.786. The molecule has 4 heteroatoms. The van der Waals surface area contributed by atoms with E-state index in [1.54, 1.807) is 6.07 Å². The average Bonchev–Trinajstić information content (AvgIpc) is 2.37. The molecule has 0 bridgehead atoms. The summed E-state index contributed by atoms with van der Waals surface area (Å²) in [5.41, 5.74) is 2.07.